The number of halogens is 1. The molecule has 0 saturated carbocycles. The van der Waals surface area contributed by atoms with Crippen molar-refractivity contribution in [2.75, 3.05) is 12.4 Å². The number of esters is 1. The highest BCUT2D eigenvalue weighted by Gasteiger charge is 2.18. The number of carbonyl (C=O) groups excluding carboxylic acids is 2. The van der Waals surface area contributed by atoms with Gasteiger partial charge in [0.05, 0.1) is 25.2 Å². The van der Waals surface area contributed by atoms with E-state index in [-0.39, 0.29) is 17.1 Å². The van der Waals surface area contributed by atoms with Crippen LogP contribution in [0, 0.1) is 0 Å². The highest BCUT2D eigenvalue weighted by atomic mass is 32.3. The van der Waals surface area contributed by atoms with Crippen molar-refractivity contribution in [1.29, 1.82) is 0 Å². The van der Waals surface area contributed by atoms with Crippen LogP contribution in [0.1, 0.15) is 21.0 Å². The standard InChI is InChI=1S/C12H11FN4O6S/c1-17-10(4-9(16-17)12(19)22-2)11(18)15-7-3-8(6-14-5-7)23-24(13,20)21/h3-6H,1-2H3,(H,15,18). The van der Waals surface area contributed by atoms with Gasteiger partial charge < -0.3 is 14.2 Å². The summed E-state index contributed by atoms with van der Waals surface area (Å²) in [6, 6.07) is 2.26. The maximum atomic E-state index is 12.5. The summed E-state index contributed by atoms with van der Waals surface area (Å²) in [4.78, 5) is 27.2. The predicted octanol–water partition coefficient (Wildman–Crippen LogP) is 0.447. The average Bonchev–Trinajstić information content (AvgIpc) is 2.87. The molecule has 2 heterocycles. The van der Waals surface area contributed by atoms with E-state index in [2.05, 4.69) is 24.3 Å². The molecule has 128 valence electrons. The minimum absolute atomic E-state index is 0.0276. The van der Waals surface area contributed by atoms with Crippen molar-refractivity contribution in [3.63, 3.8) is 0 Å². The summed E-state index contributed by atoms with van der Waals surface area (Å²) in [6.07, 6.45) is 2.14. The molecule has 0 atom stereocenters. The lowest BCUT2D eigenvalue weighted by atomic mass is 10.3. The Kier molecular flexibility index (Phi) is 4.78. The van der Waals surface area contributed by atoms with E-state index in [4.69, 9.17) is 0 Å². The number of pyridine rings is 1. The number of ether oxygens (including phenoxy) is 1. The van der Waals surface area contributed by atoms with Crippen molar-refractivity contribution in [2.24, 2.45) is 7.05 Å². The van der Waals surface area contributed by atoms with E-state index in [0.717, 1.165) is 16.9 Å². The Labute approximate surface area is 135 Å². The summed E-state index contributed by atoms with van der Waals surface area (Å²) in [7, 11) is -2.60. The summed E-state index contributed by atoms with van der Waals surface area (Å²) >= 11 is 0. The van der Waals surface area contributed by atoms with Crippen molar-refractivity contribution in [2.45, 2.75) is 0 Å². The second kappa shape index (κ2) is 6.62. The smallest absolute Gasteiger partial charge is 0.464 e. The third kappa shape index (κ3) is 4.25. The van der Waals surface area contributed by atoms with Crippen molar-refractivity contribution in [3.05, 3.63) is 35.9 Å². The van der Waals surface area contributed by atoms with Crippen molar-refractivity contribution >= 4 is 28.1 Å². The number of carbonyl (C=O) groups is 2. The van der Waals surface area contributed by atoms with E-state index in [9.17, 15) is 21.9 Å². The molecule has 0 saturated heterocycles. The first kappa shape index (κ1) is 17.3. The lowest BCUT2D eigenvalue weighted by molar-refractivity contribution is 0.0593. The van der Waals surface area contributed by atoms with Gasteiger partial charge in [0.2, 0.25) is 0 Å². The zero-order valence-electron chi connectivity index (χ0n) is 12.4. The van der Waals surface area contributed by atoms with E-state index in [1.165, 1.54) is 26.4 Å². The van der Waals surface area contributed by atoms with Gasteiger partial charge in [-0.25, -0.2) is 4.79 Å². The number of nitrogens with one attached hydrogen (secondary N) is 1. The lowest BCUT2D eigenvalue weighted by Crippen LogP contribution is -2.16. The maximum Gasteiger partial charge on any atom is 0.488 e. The molecule has 10 nitrogen and oxygen atoms in total. The van der Waals surface area contributed by atoms with E-state index >= 15 is 0 Å². The number of hydrogen-bond acceptors (Lipinski definition) is 8. The van der Waals surface area contributed by atoms with E-state index in [0.29, 0.717) is 0 Å². The molecule has 24 heavy (non-hydrogen) atoms. The largest absolute Gasteiger partial charge is 0.488 e. The third-order valence-electron chi connectivity index (χ3n) is 2.67. The molecule has 0 aliphatic carbocycles. The Balaban J connectivity index is 2.20. The molecule has 0 aliphatic rings. The first-order valence-electron chi connectivity index (χ1n) is 6.22. The summed E-state index contributed by atoms with van der Waals surface area (Å²) in [5.74, 6) is -1.80. The zero-order valence-corrected chi connectivity index (χ0v) is 13.2. The minimum atomic E-state index is -5.21. The number of hydrogen-bond donors (Lipinski definition) is 1. The Morgan fingerprint density at radius 2 is 2.00 bits per heavy atom. The molecule has 2 rings (SSSR count). The summed E-state index contributed by atoms with van der Waals surface area (Å²) < 4.78 is 43.0. The van der Waals surface area contributed by atoms with Crippen molar-refractivity contribution < 1.29 is 30.8 Å². The van der Waals surface area contributed by atoms with Gasteiger partial charge in [0.15, 0.2) is 11.4 Å². The fourth-order valence-electron chi connectivity index (χ4n) is 1.73. The topological polar surface area (TPSA) is 129 Å². The number of nitrogens with zero attached hydrogens (tertiary/aromatic N) is 3. The van der Waals surface area contributed by atoms with Crippen LogP contribution in [0.3, 0.4) is 0 Å². The monoisotopic (exact) mass is 358 g/mol. The molecule has 2 aromatic heterocycles. The fourth-order valence-corrected chi connectivity index (χ4v) is 2.05. The quantitative estimate of drug-likeness (QED) is 0.602. The Hall–Kier alpha value is -3.02. The zero-order chi connectivity index (χ0) is 17.9. The second-order valence-corrected chi connectivity index (χ2v) is 5.32. The maximum absolute atomic E-state index is 12.5. The van der Waals surface area contributed by atoms with Crippen LogP contribution in [0.25, 0.3) is 0 Å². The van der Waals surface area contributed by atoms with Crippen LogP contribution in [-0.4, -0.2) is 42.2 Å². The summed E-state index contributed by atoms with van der Waals surface area (Å²) in [5, 5.41) is 6.21. The first-order chi connectivity index (χ1) is 11.2. The van der Waals surface area contributed by atoms with Crippen molar-refractivity contribution in [1.82, 2.24) is 14.8 Å². The van der Waals surface area contributed by atoms with Crippen LogP contribution in [0.5, 0.6) is 5.75 Å². The summed E-state index contributed by atoms with van der Waals surface area (Å²) in [6.45, 7) is 0. The van der Waals surface area contributed by atoms with Gasteiger partial charge in [0, 0.05) is 19.2 Å². The van der Waals surface area contributed by atoms with Crippen LogP contribution < -0.4 is 9.50 Å². The number of anilines is 1. The average molecular weight is 358 g/mol. The van der Waals surface area contributed by atoms with Crippen LogP contribution in [-0.2, 0) is 22.3 Å². The second-order valence-electron chi connectivity index (χ2n) is 4.37. The van der Waals surface area contributed by atoms with E-state index < -0.39 is 28.1 Å². The molecule has 1 amide bonds. The molecule has 0 bridgehead atoms. The Morgan fingerprint density at radius 3 is 2.62 bits per heavy atom. The van der Waals surface area contributed by atoms with Gasteiger partial charge in [-0.2, -0.15) is 13.5 Å². The minimum Gasteiger partial charge on any atom is -0.464 e. The van der Waals surface area contributed by atoms with Gasteiger partial charge in [-0.05, 0) is 0 Å². The SMILES string of the molecule is COC(=O)c1cc(C(=O)Nc2cncc(OS(=O)(=O)F)c2)n(C)n1. The molecule has 2 aromatic rings. The normalized spacial score (nSPS) is 11.0. The number of aromatic nitrogens is 3. The Bertz CT molecular complexity index is 895. The number of rotatable bonds is 5. The molecule has 0 aliphatic heterocycles. The van der Waals surface area contributed by atoms with Gasteiger partial charge in [-0.3, -0.25) is 14.5 Å². The van der Waals surface area contributed by atoms with E-state index in [1.54, 1.807) is 0 Å². The summed E-state index contributed by atoms with van der Waals surface area (Å²) in [5.41, 5.74) is 0.00526. The third-order valence-corrected chi connectivity index (χ3v) is 3.07. The van der Waals surface area contributed by atoms with Gasteiger partial charge in [0.1, 0.15) is 5.69 Å². The molecule has 0 radical (unpaired) electrons. The highest BCUT2D eigenvalue weighted by Crippen LogP contribution is 2.18. The van der Waals surface area contributed by atoms with Crippen LogP contribution >= 0.6 is 0 Å². The molecule has 0 unspecified atom stereocenters. The molecule has 0 aromatic carbocycles. The fraction of sp³-hybridized carbons (Fsp3) is 0.167. The molecular weight excluding hydrogens is 347 g/mol. The van der Waals surface area contributed by atoms with E-state index in [1.807, 2.05) is 0 Å². The molecular formula is C12H11FN4O6S. The Morgan fingerprint density at radius 1 is 1.29 bits per heavy atom. The lowest BCUT2D eigenvalue weighted by Gasteiger charge is -2.06. The van der Waals surface area contributed by atoms with Gasteiger partial charge in [-0.15, -0.1) is 0 Å². The van der Waals surface area contributed by atoms with Gasteiger partial charge >= 0.3 is 16.5 Å². The molecule has 1 N–H and O–H groups in total. The molecule has 0 fully saturated rings. The number of amides is 1. The highest BCUT2D eigenvalue weighted by molar-refractivity contribution is 7.81. The molecule has 0 spiro atoms. The van der Waals surface area contributed by atoms with Crippen molar-refractivity contribution in [3.8, 4) is 5.75 Å². The van der Waals surface area contributed by atoms with Crippen LogP contribution in [0.2, 0.25) is 0 Å². The predicted molar refractivity (Wildman–Crippen MR) is 77.4 cm³/mol. The van der Waals surface area contributed by atoms with Gasteiger partial charge in [0.25, 0.3) is 5.91 Å². The number of aryl methyl sites for hydroxylation is 1. The van der Waals surface area contributed by atoms with Crippen LogP contribution in [0.15, 0.2) is 24.5 Å². The van der Waals surface area contributed by atoms with Crippen LogP contribution in [0.4, 0.5) is 9.57 Å². The van der Waals surface area contributed by atoms with Gasteiger partial charge in [-0.1, -0.05) is 3.89 Å². The number of methoxy groups -OCH3 is 1. The first-order valence-corrected chi connectivity index (χ1v) is 7.53. The molecule has 12 heteroatoms.